The van der Waals surface area contributed by atoms with Crippen LogP contribution in [0, 0.1) is 13.8 Å². The molecule has 2 fully saturated rings. The third-order valence-electron chi connectivity index (χ3n) is 7.57. The standard InChI is InChI=1S/C28H29FN4O5/c1-15-21(27(35)32-9-7-28(3,36)14-32)13-33-25(15)22(6-8-30-33)38-19-4-5-20-23(12-19)37-16(2)24(20)26(34)31-18-10-17(29)11-18/h4-6,8,12-13,17-18,36H,7,9-11,14H2,1-3H3,(H,31,34)/t17?,18?,28-/m1/s1. The number of carbonyl (C=O) groups excluding carboxylic acids is 2. The summed E-state index contributed by atoms with van der Waals surface area (Å²) in [4.78, 5) is 27.7. The lowest BCUT2D eigenvalue weighted by atomic mass is 9.90. The first-order chi connectivity index (χ1) is 18.1. The maximum Gasteiger partial charge on any atom is 0.255 e. The molecule has 0 spiro atoms. The number of likely N-dealkylation sites (tertiary alicyclic amines) is 1. The normalized spacial score (nSPS) is 23.1. The number of hydrogen-bond donors (Lipinski definition) is 2. The molecular formula is C28H29FN4O5. The molecule has 1 aromatic carbocycles. The van der Waals surface area contributed by atoms with Gasteiger partial charge in [0.1, 0.15) is 28.8 Å². The van der Waals surface area contributed by atoms with Crippen molar-refractivity contribution in [2.75, 3.05) is 13.1 Å². The minimum Gasteiger partial charge on any atom is -0.460 e. The van der Waals surface area contributed by atoms with E-state index in [2.05, 4.69) is 10.4 Å². The third-order valence-corrected chi connectivity index (χ3v) is 7.57. The fourth-order valence-electron chi connectivity index (χ4n) is 5.41. The molecule has 0 unspecified atom stereocenters. The van der Waals surface area contributed by atoms with Crippen LogP contribution in [0.3, 0.4) is 0 Å². The lowest BCUT2D eigenvalue weighted by Crippen LogP contribution is -2.45. The van der Waals surface area contributed by atoms with E-state index < -0.39 is 11.8 Å². The predicted octanol–water partition coefficient (Wildman–Crippen LogP) is 4.32. The Balaban J connectivity index is 1.28. The Morgan fingerprint density at radius 3 is 2.76 bits per heavy atom. The van der Waals surface area contributed by atoms with Crippen LogP contribution >= 0.6 is 0 Å². The molecule has 1 saturated heterocycles. The summed E-state index contributed by atoms with van der Waals surface area (Å²) in [5, 5.41) is 18.2. The molecule has 6 rings (SSSR count). The first kappa shape index (κ1) is 24.4. The molecule has 4 heterocycles. The second kappa shape index (κ2) is 8.83. The number of furan rings is 1. The number of rotatable bonds is 5. The average molecular weight is 521 g/mol. The van der Waals surface area contributed by atoms with Crippen LogP contribution in [0.5, 0.6) is 11.5 Å². The number of alkyl halides is 1. The highest BCUT2D eigenvalue weighted by Crippen LogP contribution is 2.35. The Morgan fingerprint density at radius 1 is 1.26 bits per heavy atom. The molecule has 1 atom stereocenters. The first-order valence-corrected chi connectivity index (χ1v) is 12.7. The number of aromatic nitrogens is 2. The molecule has 38 heavy (non-hydrogen) atoms. The zero-order valence-electron chi connectivity index (χ0n) is 21.5. The summed E-state index contributed by atoms with van der Waals surface area (Å²) in [6.45, 7) is 6.09. The van der Waals surface area contributed by atoms with Gasteiger partial charge >= 0.3 is 0 Å². The molecule has 1 saturated carbocycles. The maximum atomic E-state index is 13.2. The number of halogens is 1. The zero-order chi connectivity index (χ0) is 26.8. The largest absolute Gasteiger partial charge is 0.460 e. The number of nitrogens with zero attached hydrogens (tertiary/aromatic N) is 3. The van der Waals surface area contributed by atoms with E-state index in [1.54, 1.807) is 59.9 Å². The second-order valence-electron chi connectivity index (χ2n) is 10.7. The molecule has 0 bridgehead atoms. The van der Waals surface area contributed by atoms with Crippen molar-refractivity contribution in [2.24, 2.45) is 0 Å². The number of ether oxygens (including phenoxy) is 1. The van der Waals surface area contributed by atoms with Gasteiger partial charge in [-0.1, -0.05) is 0 Å². The number of nitrogens with one attached hydrogen (secondary N) is 1. The maximum absolute atomic E-state index is 13.2. The van der Waals surface area contributed by atoms with Crippen LogP contribution in [0.15, 0.2) is 41.1 Å². The van der Waals surface area contributed by atoms with Crippen molar-refractivity contribution >= 4 is 28.3 Å². The lowest BCUT2D eigenvalue weighted by Gasteiger charge is -2.30. The van der Waals surface area contributed by atoms with Crippen LogP contribution in [0.25, 0.3) is 16.5 Å². The quantitative estimate of drug-likeness (QED) is 0.406. The fourth-order valence-corrected chi connectivity index (χ4v) is 5.41. The van der Waals surface area contributed by atoms with Crippen LogP contribution in [0.4, 0.5) is 4.39 Å². The topological polar surface area (TPSA) is 109 Å². The van der Waals surface area contributed by atoms with E-state index in [-0.39, 0.29) is 24.4 Å². The molecule has 10 heteroatoms. The van der Waals surface area contributed by atoms with Crippen molar-refractivity contribution in [3.8, 4) is 11.5 Å². The number of benzene rings is 1. The van der Waals surface area contributed by atoms with E-state index in [1.165, 1.54) is 0 Å². The highest BCUT2D eigenvalue weighted by molar-refractivity contribution is 6.07. The smallest absolute Gasteiger partial charge is 0.255 e. The molecule has 1 aliphatic heterocycles. The van der Waals surface area contributed by atoms with E-state index in [9.17, 15) is 19.1 Å². The van der Waals surface area contributed by atoms with Crippen LogP contribution in [0.2, 0.25) is 0 Å². The van der Waals surface area contributed by atoms with Gasteiger partial charge in [0, 0.05) is 42.8 Å². The van der Waals surface area contributed by atoms with Crippen molar-refractivity contribution < 1.29 is 28.2 Å². The number of β-amino-alcohol motifs (C(OH)–C–C–N with tert-alkyl or cyclic N) is 1. The Morgan fingerprint density at radius 2 is 2.05 bits per heavy atom. The summed E-state index contributed by atoms with van der Waals surface area (Å²) in [6.07, 6.45) is 3.64. The summed E-state index contributed by atoms with van der Waals surface area (Å²) in [6, 6.07) is 6.81. The molecule has 4 aromatic rings. The molecule has 0 radical (unpaired) electrons. The van der Waals surface area contributed by atoms with Gasteiger partial charge in [0.15, 0.2) is 5.75 Å². The number of aryl methyl sites for hydroxylation is 2. The van der Waals surface area contributed by atoms with Crippen LogP contribution in [-0.4, -0.2) is 62.3 Å². The van der Waals surface area contributed by atoms with Gasteiger partial charge in [0.05, 0.1) is 22.9 Å². The van der Waals surface area contributed by atoms with Gasteiger partial charge in [-0.3, -0.25) is 9.59 Å². The molecule has 2 amide bonds. The Bertz CT molecular complexity index is 1580. The van der Waals surface area contributed by atoms with E-state index >= 15 is 0 Å². The molecule has 1 aliphatic carbocycles. The summed E-state index contributed by atoms with van der Waals surface area (Å²) >= 11 is 0. The molecule has 3 aromatic heterocycles. The SMILES string of the molecule is Cc1oc2cc(Oc3ccnn4cc(C(=O)N5CC[C@@](C)(O)C5)c(C)c34)ccc2c1C(=O)NC1CC(F)C1. The number of aliphatic hydroxyl groups is 1. The van der Waals surface area contributed by atoms with Gasteiger partial charge in [-0.05, 0) is 57.7 Å². The Hall–Kier alpha value is -3.92. The fraction of sp³-hybridized carbons (Fsp3) is 0.393. The predicted molar refractivity (Wildman–Crippen MR) is 137 cm³/mol. The average Bonchev–Trinajstić information content (AvgIpc) is 3.49. The van der Waals surface area contributed by atoms with E-state index in [0.29, 0.717) is 70.7 Å². The van der Waals surface area contributed by atoms with Gasteiger partial charge in [-0.2, -0.15) is 5.10 Å². The monoisotopic (exact) mass is 520 g/mol. The molecular weight excluding hydrogens is 491 g/mol. The third kappa shape index (κ3) is 4.18. The first-order valence-electron chi connectivity index (χ1n) is 12.7. The summed E-state index contributed by atoms with van der Waals surface area (Å²) in [5.41, 5.74) is 1.94. The van der Waals surface area contributed by atoms with Gasteiger partial charge in [-0.25, -0.2) is 8.91 Å². The highest BCUT2D eigenvalue weighted by atomic mass is 19.1. The minimum atomic E-state index is -0.882. The van der Waals surface area contributed by atoms with Gasteiger partial charge in [0.2, 0.25) is 0 Å². The van der Waals surface area contributed by atoms with E-state index in [0.717, 1.165) is 5.56 Å². The van der Waals surface area contributed by atoms with Gasteiger partial charge < -0.3 is 24.5 Å². The van der Waals surface area contributed by atoms with Crippen LogP contribution in [-0.2, 0) is 0 Å². The van der Waals surface area contributed by atoms with Crippen molar-refractivity contribution in [1.82, 2.24) is 19.8 Å². The second-order valence-corrected chi connectivity index (χ2v) is 10.7. The zero-order valence-corrected chi connectivity index (χ0v) is 21.5. The van der Waals surface area contributed by atoms with Gasteiger partial charge in [0.25, 0.3) is 11.8 Å². The van der Waals surface area contributed by atoms with E-state index in [1.807, 2.05) is 6.92 Å². The lowest BCUT2D eigenvalue weighted by molar-refractivity contribution is 0.0572. The molecule has 2 N–H and O–H groups in total. The summed E-state index contributed by atoms with van der Waals surface area (Å²) in [5.74, 6) is 1.05. The summed E-state index contributed by atoms with van der Waals surface area (Å²) in [7, 11) is 0. The van der Waals surface area contributed by atoms with Crippen molar-refractivity contribution in [2.45, 2.75) is 57.8 Å². The van der Waals surface area contributed by atoms with Crippen LogP contribution in [0.1, 0.15) is 58.2 Å². The Kier molecular flexibility index (Phi) is 5.68. The number of hydrogen-bond acceptors (Lipinski definition) is 6. The van der Waals surface area contributed by atoms with Gasteiger partial charge in [-0.15, -0.1) is 0 Å². The van der Waals surface area contributed by atoms with E-state index in [4.69, 9.17) is 9.15 Å². The molecule has 198 valence electrons. The van der Waals surface area contributed by atoms with Crippen molar-refractivity contribution in [3.05, 3.63) is 59.1 Å². The highest BCUT2D eigenvalue weighted by Gasteiger charge is 2.35. The van der Waals surface area contributed by atoms with Crippen molar-refractivity contribution in [3.63, 3.8) is 0 Å². The summed E-state index contributed by atoms with van der Waals surface area (Å²) < 4.78 is 26.9. The molecule has 2 aliphatic rings. The Labute approximate surface area is 218 Å². The number of carbonyl (C=O) groups is 2. The number of amides is 2. The van der Waals surface area contributed by atoms with Crippen LogP contribution < -0.4 is 10.1 Å². The molecule has 9 nitrogen and oxygen atoms in total. The number of fused-ring (bicyclic) bond motifs is 2. The minimum absolute atomic E-state index is 0.153. The van der Waals surface area contributed by atoms with Crippen molar-refractivity contribution in [1.29, 1.82) is 0 Å².